The molecule has 0 radical (unpaired) electrons. The average molecular weight is 304 g/mol. The molecule has 3 aliphatic rings. The van der Waals surface area contributed by atoms with Gasteiger partial charge >= 0.3 is 0 Å². The van der Waals surface area contributed by atoms with Crippen LogP contribution in [0.4, 0.5) is 0 Å². The molecule has 0 spiro atoms. The van der Waals surface area contributed by atoms with Crippen molar-refractivity contribution in [3.8, 4) is 0 Å². The SMILES string of the molecule is COC1C(OCc2ccccc2)C2(C)OC1(C)C1(C)OC21C. The van der Waals surface area contributed by atoms with Gasteiger partial charge in [0.05, 0.1) is 6.61 Å². The summed E-state index contributed by atoms with van der Waals surface area (Å²) < 4.78 is 24.7. The maximum atomic E-state index is 6.44. The Morgan fingerprint density at radius 1 is 0.909 bits per heavy atom. The Hall–Kier alpha value is -0.940. The van der Waals surface area contributed by atoms with E-state index in [1.807, 2.05) is 18.2 Å². The standard InChI is InChI=1S/C18H24O4/c1-15-13(19-5)14(20-11-12-9-7-6-8-10-12)16(2,21-15)18(4)17(15,3)22-18/h6-10,13-14H,11H2,1-5H3. The zero-order chi connectivity index (χ0) is 15.8. The highest BCUT2D eigenvalue weighted by Gasteiger charge is 2.94. The lowest BCUT2D eigenvalue weighted by atomic mass is 9.66. The Labute approximate surface area is 131 Å². The molecule has 4 heteroatoms. The normalized spacial score (nSPS) is 51.9. The van der Waals surface area contributed by atoms with Crippen molar-refractivity contribution in [2.24, 2.45) is 0 Å². The Morgan fingerprint density at radius 3 is 2.09 bits per heavy atom. The van der Waals surface area contributed by atoms with Crippen LogP contribution in [0.1, 0.15) is 33.3 Å². The van der Waals surface area contributed by atoms with Gasteiger partial charge in [0, 0.05) is 7.11 Å². The third-order valence-electron chi connectivity index (χ3n) is 6.48. The maximum absolute atomic E-state index is 6.44. The summed E-state index contributed by atoms with van der Waals surface area (Å²) >= 11 is 0. The fourth-order valence-corrected chi connectivity index (χ4v) is 4.76. The van der Waals surface area contributed by atoms with Gasteiger partial charge in [-0.2, -0.15) is 0 Å². The fraction of sp³-hybridized carbons (Fsp3) is 0.667. The number of hydrogen-bond donors (Lipinski definition) is 0. The van der Waals surface area contributed by atoms with Crippen LogP contribution in [0.2, 0.25) is 0 Å². The molecular formula is C18H24O4. The molecule has 3 saturated heterocycles. The van der Waals surface area contributed by atoms with Crippen molar-refractivity contribution in [3.63, 3.8) is 0 Å². The van der Waals surface area contributed by atoms with Crippen molar-refractivity contribution in [1.82, 2.24) is 0 Å². The van der Waals surface area contributed by atoms with E-state index in [4.69, 9.17) is 18.9 Å². The lowest BCUT2D eigenvalue weighted by Crippen LogP contribution is -2.61. The van der Waals surface area contributed by atoms with Gasteiger partial charge in [0.15, 0.2) is 0 Å². The highest BCUT2D eigenvalue weighted by Crippen LogP contribution is 2.74. The predicted molar refractivity (Wildman–Crippen MR) is 81.6 cm³/mol. The fourth-order valence-electron chi connectivity index (χ4n) is 4.76. The van der Waals surface area contributed by atoms with Crippen molar-refractivity contribution >= 4 is 0 Å². The molecule has 0 saturated carbocycles. The van der Waals surface area contributed by atoms with Crippen molar-refractivity contribution in [2.75, 3.05) is 7.11 Å². The summed E-state index contributed by atoms with van der Waals surface area (Å²) in [6, 6.07) is 10.2. The molecular weight excluding hydrogens is 280 g/mol. The van der Waals surface area contributed by atoms with Gasteiger partial charge in [0.2, 0.25) is 0 Å². The van der Waals surface area contributed by atoms with Gasteiger partial charge in [-0.3, -0.25) is 0 Å². The summed E-state index contributed by atoms with van der Waals surface area (Å²) in [6.45, 7) is 8.98. The molecule has 6 unspecified atom stereocenters. The molecule has 1 aromatic rings. The predicted octanol–water partition coefficient (Wildman–Crippen LogP) is 2.70. The molecule has 6 atom stereocenters. The summed E-state index contributed by atoms with van der Waals surface area (Å²) in [7, 11) is 1.73. The van der Waals surface area contributed by atoms with Crippen LogP contribution in [0, 0.1) is 0 Å². The van der Waals surface area contributed by atoms with Gasteiger partial charge in [0.1, 0.15) is 34.6 Å². The molecule has 3 fully saturated rings. The molecule has 1 aromatic carbocycles. The first-order chi connectivity index (χ1) is 10.3. The largest absolute Gasteiger partial charge is 0.375 e. The van der Waals surface area contributed by atoms with Crippen LogP contribution in [-0.4, -0.2) is 41.7 Å². The highest BCUT2D eigenvalue weighted by molar-refractivity contribution is 5.41. The molecule has 2 bridgehead atoms. The van der Waals surface area contributed by atoms with E-state index in [1.165, 1.54) is 0 Å². The Morgan fingerprint density at radius 2 is 1.50 bits per heavy atom. The minimum Gasteiger partial charge on any atom is -0.375 e. The van der Waals surface area contributed by atoms with Crippen LogP contribution >= 0.6 is 0 Å². The lowest BCUT2D eigenvalue weighted by Gasteiger charge is -2.38. The number of methoxy groups -OCH3 is 1. The Bertz CT molecular complexity index is 604. The number of benzene rings is 1. The minimum atomic E-state index is -0.494. The smallest absolute Gasteiger partial charge is 0.129 e. The van der Waals surface area contributed by atoms with Gasteiger partial charge < -0.3 is 18.9 Å². The van der Waals surface area contributed by atoms with E-state index in [2.05, 4.69) is 39.8 Å². The third-order valence-corrected chi connectivity index (χ3v) is 6.48. The molecule has 4 rings (SSSR count). The van der Waals surface area contributed by atoms with Crippen LogP contribution in [0.25, 0.3) is 0 Å². The first kappa shape index (κ1) is 14.6. The molecule has 4 nitrogen and oxygen atoms in total. The summed E-state index contributed by atoms with van der Waals surface area (Å²) in [5.74, 6) is 0. The lowest BCUT2D eigenvalue weighted by molar-refractivity contribution is -0.154. The van der Waals surface area contributed by atoms with Crippen LogP contribution in [0.3, 0.4) is 0 Å². The number of hydrogen-bond acceptors (Lipinski definition) is 4. The molecule has 0 amide bonds. The number of ether oxygens (including phenoxy) is 4. The van der Waals surface area contributed by atoms with E-state index in [1.54, 1.807) is 7.11 Å². The van der Waals surface area contributed by atoms with E-state index in [0.29, 0.717) is 6.61 Å². The van der Waals surface area contributed by atoms with E-state index in [9.17, 15) is 0 Å². The van der Waals surface area contributed by atoms with Gasteiger partial charge in [-0.1, -0.05) is 30.3 Å². The van der Waals surface area contributed by atoms with Gasteiger partial charge in [-0.05, 0) is 33.3 Å². The van der Waals surface area contributed by atoms with Crippen molar-refractivity contribution in [3.05, 3.63) is 35.9 Å². The van der Waals surface area contributed by atoms with Crippen LogP contribution in [0.15, 0.2) is 30.3 Å². The van der Waals surface area contributed by atoms with E-state index >= 15 is 0 Å². The highest BCUT2D eigenvalue weighted by atomic mass is 16.7. The van der Waals surface area contributed by atoms with Gasteiger partial charge in [-0.15, -0.1) is 0 Å². The van der Waals surface area contributed by atoms with Crippen molar-refractivity contribution < 1.29 is 18.9 Å². The summed E-state index contributed by atoms with van der Waals surface area (Å²) in [5, 5.41) is 0. The van der Waals surface area contributed by atoms with Crippen LogP contribution in [-0.2, 0) is 25.6 Å². The third kappa shape index (κ3) is 1.38. The van der Waals surface area contributed by atoms with Crippen molar-refractivity contribution in [1.29, 1.82) is 0 Å². The van der Waals surface area contributed by atoms with E-state index in [-0.39, 0.29) is 23.4 Å². The first-order valence-corrected chi connectivity index (χ1v) is 7.91. The second kappa shape index (κ2) is 4.12. The number of epoxide rings is 1. The quantitative estimate of drug-likeness (QED) is 0.802. The van der Waals surface area contributed by atoms with Gasteiger partial charge in [-0.25, -0.2) is 0 Å². The summed E-state index contributed by atoms with van der Waals surface area (Å²) in [6.07, 6.45) is -0.287. The topological polar surface area (TPSA) is 40.2 Å². The molecule has 0 N–H and O–H groups in total. The zero-order valence-electron chi connectivity index (χ0n) is 13.9. The Balaban J connectivity index is 1.63. The minimum absolute atomic E-state index is 0.137. The van der Waals surface area contributed by atoms with Crippen LogP contribution in [0.5, 0.6) is 0 Å². The monoisotopic (exact) mass is 304 g/mol. The zero-order valence-corrected chi connectivity index (χ0v) is 13.9. The summed E-state index contributed by atoms with van der Waals surface area (Å²) in [4.78, 5) is 0. The molecule has 0 aliphatic carbocycles. The molecule has 120 valence electrons. The second-order valence-corrected chi connectivity index (χ2v) is 7.36. The molecule has 3 aliphatic heterocycles. The second-order valence-electron chi connectivity index (χ2n) is 7.36. The van der Waals surface area contributed by atoms with Crippen molar-refractivity contribution in [2.45, 2.75) is 68.9 Å². The number of fused-ring (bicyclic) bond motifs is 5. The molecule has 22 heavy (non-hydrogen) atoms. The van der Waals surface area contributed by atoms with Crippen LogP contribution < -0.4 is 0 Å². The Kier molecular flexibility index (Phi) is 2.74. The summed E-state index contributed by atoms with van der Waals surface area (Å²) in [5.41, 5.74) is -0.440. The number of rotatable bonds is 4. The van der Waals surface area contributed by atoms with E-state index in [0.717, 1.165) is 5.56 Å². The average Bonchev–Trinajstić information content (AvgIpc) is 2.96. The van der Waals surface area contributed by atoms with Gasteiger partial charge in [0.25, 0.3) is 0 Å². The molecule has 3 heterocycles. The first-order valence-electron chi connectivity index (χ1n) is 7.91. The maximum Gasteiger partial charge on any atom is 0.129 e. The molecule has 0 aromatic heterocycles. The van der Waals surface area contributed by atoms with E-state index < -0.39 is 11.2 Å².